The maximum Gasteiger partial charge on any atom is 0.244 e. The highest BCUT2D eigenvalue weighted by molar-refractivity contribution is 5.90. The van der Waals surface area contributed by atoms with Gasteiger partial charge in [0.15, 0.2) is 0 Å². The summed E-state index contributed by atoms with van der Waals surface area (Å²) in [6.07, 6.45) is 1.90. The number of rotatable bonds is 3. The highest BCUT2D eigenvalue weighted by atomic mass is 16.1. The van der Waals surface area contributed by atoms with Crippen molar-refractivity contribution >= 4 is 11.6 Å². The number of benzene rings is 1. The lowest BCUT2D eigenvalue weighted by Crippen LogP contribution is -2.18. The second-order valence-electron chi connectivity index (χ2n) is 3.69. The van der Waals surface area contributed by atoms with Crippen molar-refractivity contribution in [2.24, 2.45) is 0 Å². The molecule has 3 nitrogen and oxygen atoms in total. The molecule has 2 rings (SSSR count). The lowest BCUT2D eigenvalue weighted by atomic mass is 10.3. The molecule has 16 heavy (non-hydrogen) atoms. The van der Waals surface area contributed by atoms with Crippen molar-refractivity contribution in [3.05, 3.63) is 54.4 Å². The largest absolute Gasteiger partial charge is 0.342 e. The van der Waals surface area contributed by atoms with Crippen molar-refractivity contribution in [3.63, 3.8) is 0 Å². The third-order valence-corrected chi connectivity index (χ3v) is 2.43. The van der Waals surface area contributed by atoms with Crippen LogP contribution in [0.15, 0.2) is 48.7 Å². The monoisotopic (exact) mass is 214 g/mol. The lowest BCUT2D eigenvalue weighted by Gasteiger charge is -2.07. The van der Waals surface area contributed by atoms with Crippen LogP contribution in [0.4, 0.5) is 5.69 Å². The third-order valence-electron chi connectivity index (χ3n) is 2.43. The highest BCUT2D eigenvalue weighted by Crippen LogP contribution is 2.06. The Labute approximate surface area is 94.7 Å². The molecule has 0 saturated heterocycles. The van der Waals surface area contributed by atoms with E-state index >= 15 is 0 Å². The number of carbonyl (C=O) groups excluding carboxylic acids is 1. The van der Waals surface area contributed by atoms with E-state index in [0.29, 0.717) is 6.54 Å². The molecular formula is C13H14N2O. The Morgan fingerprint density at radius 3 is 2.56 bits per heavy atom. The summed E-state index contributed by atoms with van der Waals surface area (Å²) >= 11 is 0. The molecule has 0 atom stereocenters. The quantitative estimate of drug-likeness (QED) is 0.836. The first-order valence-corrected chi connectivity index (χ1v) is 5.22. The minimum Gasteiger partial charge on any atom is -0.342 e. The van der Waals surface area contributed by atoms with Crippen LogP contribution in [0.5, 0.6) is 0 Å². The van der Waals surface area contributed by atoms with Crippen molar-refractivity contribution in [1.29, 1.82) is 0 Å². The van der Waals surface area contributed by atoms with Gasteiger partial charge in [0.25, 0.3) is 0 Å². The van der Waals surface area contributed by atoms with Gasteiger partial charge in [0.05, 0.1) is 0 Å². The van der Waals surface area contributed by atoms with Gasteiger partial charge in [-0.1, -0.05) is 18.2 Å². The first-order valence-electron chi connectivity index (χ1n) is 5.22. The van der Waals surface area contributed by atoms with E-state index in [1.165, 1.54) is 0 Å². The van der Waals surface area contributed by atoms with Crippen LogP contribution in [0.3, 0.4) is 0 Å². The number of aryl methyl sites for hydroxylation is 1. The van der Waals surface area contributed by atoms with Gasteiger partial charge in [0.2, 0.25) is 5.91 Å². The summed E-state index contributed by atoms with van der Waals surface area (Å²) in [5, 5.41) is 2.85. The number of nitrogens with zero attached hydrogens (tertiary/aromatic N) is 1. The molecule has 1 amide bonds. The van der Waals surface area contributed by atoms with E-state index in [0.717, 1.165) is 11.4 Å². The zero-order valence-corrected chi connectivity index (χ0v) is 9.18. The Balaban J connectivity index is 1.98. The average Bonchev–Trinajstić information content (AvgIpc) is 2.66. The van der Waals surface area contributed by atoms with E-state index in [1.807, 2.05) is 60.2 Å². The van der Waals surface area contributed by atoms with Gasteiger partial charge < -0.3 is 9.88 Å². The molecule has 0 spiro atoms. The van der Waals surface area contributed by atoms with E-state index in [1.54, 1.807) is 0 Å². The number of carbonyl (C=O) groups is 1. The molecule has 1 heterocycles. The number of nitrogens with one attached hydrogen (secondary N) is 1. The van der Waals surface area contributed by atoms with Crippen molar-refractivity contribution in [3.8, 4) is 0 Å². The van der Waals surface area contributed by atoms with Gasteiger partial charge in [-0.25, -0.2) is 0 Å². The second kappa shape index (κ2) is 4.66. The first-order chi connectivity index (χ1) is 7.75. The fourth-order valence-electron chi connectivity index (χ4n) is 1.55. The number of hydrogen-bond acceptors (Lipinski definition) is 1. The fraction of sp³-hybridized carbons (Fsp3) is 0.154. The Hall–Kier alpha value is -2.03. The van der Waals surface area contributed by atoms with Gasteiger partial charge in [-0.15, -0.1) is 0 Å². The highest BCUT2D eigenvalue weighted by Gasteiger charge is 2.03. The van der Waals surface area contributed by atoms with Crippen LogP contribution >= 0.6 is 0 Å². The standard InChI is InChI=1S/C13H14N2O/c1-11-6-5-9-15(11)10-13(16)14-12-7-3-2-4-8-12/h2-9H,10H2,1H3,(H,14,16). The Kier molecular flexibility index (Phi) is 3.05. The number of para-hydroxylation sites is 1. The molecule has 3 heteroatoms. The third kappa shape index (κ3) is 2.51. The molecule has 82 valence electrons. The molecule has 1 N–H and O–H groups in total. The van der Waals surface area contributed by atoms with Gasteiger partial charge in [-0.05, 0) is 31.2 Å². The molecule has 0 aliphatic rings. The zero-order chi connectivity index (χ0) is 11.4. The number of amides is 1. The molecule has 0 aliphatic heterocycles. The molecule has 0 bridgehead atoms. The SMILES string of the molecule is Cc1cccn1CC(=O)Nc1ccccc1. The summed E-state index contributed by atoms with van der Waals surface area (Å²) < 4.78 is 1.91. The molecular weight excluding hydrogens is 200 g/mol. The molecule has 2 aromatic rings. The second-order valence-corrected chi connectivity index (χ2v) is 3.69. The van der Waals surface area contributed by atoms with Crippen LogP contribution < -0.4 is 5.32 Å². The topological polar surface area (TPSA) is 34.0 Å². The molecule has 0 fully saturated rings. The summed E-state index contributed by atoms with van der Waals surface area (Å²) in [6, 6.07) is 13.4. The van der Waals surface area contributed by atoms with Gasteiger partial charge in [0.1, 0.15) is 6.54 Å². The van der Waals surface area contributed by atoms with E-state index in [-0.39, 0.29) is 5.91 Å². The molecule has 0 aliphatic carbocycles. The van der Waals surface area contributed by atoms with Crippen LogP contribution in [0, 0.1) is 6.92 Å². The molecule has 0 unspecified atom stereocenters. The molecule has 0 saturated carbocycles. The number of aromatic nitrogens is 1. The van der Waals surface area contributed by atoms with Crippen molar-refractivity contribution in [2.45, 2.75) is 13.5 Å². The predicted molar refractivity (Wildman–Crippen MR) is 64.2 cm³/mol. The van der Waals surface area contributed by atoms with Crippen LogP contribution in [0.25, 0.3) is 0 Å². The lowest BCUT2D eigenvalue weighted by molar-refractivity contribution is -0.116. The molecule has 1 aromatic carbocycles. The number of anilines is 1. The Morgan fingerprint density at radius 1 is 1.19 bits per heavy atom. The van der Waals surface area contributed by atoms with Gasteiger partial charge in [0, 0.05) is 17.6 Å². The average molecular weight is 214 g/mol. The number of hydrogen-bond donors (Lipinski definition) is 1. The van der Waals surface area contributed by atoms with Crippen LogP contribution in [-0.4, -0.2) is 10.5 Å². The van der Waals surface area contributed by atoms with Crippen LogP contribution in [0.2, 0.25) is 0 Å². The van der Waals surface area contributed by atoms with E-state index in [4.69, 9.17) is 0 Å². The predicted octanol–water partition coefficient (Wildman–Crippen LogP) is 2.44. The summed E-state index contributed by atoms with van der Waals surface area (Å²) in [5.74, 6) is -0.00880. The minimum atomic E-state index is -0.00880. The Bertz CT molecular complexity index is 474. The van der Waals surface area contributed by atoms with Gasteiger partial charge in [-0.3, -0.25) is 4.79 Å². The summed E-state index contributed by atoms with van der Waals surface area (Å²) in [5.41, 5.74) is 1.92. The van der Waals surface area contributed by atoms with E-state index < -0.39 is 0 Å². The van der Waals surface area contributed by atoms with Crippen LogP contribution in [0.1, 0.15) is 5.69 Å². The molecule has 1 aromatic heterocycles. The zero-order valence-electron chi connectivity index (χ0n) is 9.18. The van der Waals surface area contributed by atoms with E-state index in [9.17, 15) is 4.79 Å². The summed E-state index contributed by atoms with van der Waals surface area (Å²) in [6.45, 7) is 2.34. The maximum atomic E-state index is 11.7. The summed E-state index contributed by atoms with van der Waals surface area (Å²) in [7, 11) is 0. The van der Waals surface area contributed by atoms with Gasteiger partial charge in [-0.2, -0.15) is 0 Å². The molecule has 0 radical (unpaired) electrons. The minimum absolute atomic E-state index is 0.00880. The smallest absolute Gasteiger partial charge is 0.244 e. The normalized spacial score (nSPS) is 10.1. The van der Waals surface area contributed by atoms with Gasteiger partial charge >= 0.3 is 0 Å². The van der Waals surface area contributed by atoms with E-state index in [2.05, 4.69) is 5.32 Å². The first kappa shape index (κ1) is 10.5. The van der Waals surface area contributed by atoms with Crippen molar-refractivity contribution in [1.82, 2.24) is 4.57 Å². The Morgan fingerprint density at radius 2 is 1.94 bits per heavy atom. The maximum absolute atomic E-state index is 11.7. The van der Waals surface area contributed by atoms with Crippen molar-refractivity contribution in [2.75, 3.05) is 5.32 Å². The van der Waals surface area contributed by atoms with Crippen molar-refractivity contribution < 1.29 is 4.79 Å². The fourth-order valence-corrected chi connectivity index (χ4v) is 1.55. The van der Waals surface area contributed by atoms with Crippen LogP contribution in [-0.2, 0) is 11.3 Å². The summed E-state index contributed by atoms with van der Waals surface area (Å²) in [4.78, 5) is 11.7.